The third-order valence-corrected chi connectivity index (χ3v) is 4.79. The Labute approximate surface area is 164 Å². The van der Waals surface area contributed by atoms with Crippen LogP contribution in [0.25, 0.3) is 0 Å². The fourth-order valence-corrected chi connectivity index (χ4v) is 3.07. The minimum atomic E-state index is -4.46. The van der Waals surface area contributed by atoms with Crippen LogP contribution in [0.1, 0.15) is 27.6 Å². The van der Waals surface area contributed by atoms with E-state index in [9.17, 15) is 27.9 Å². The van der Waals surface area contributed by atoms with Gasteiger partial charge in [0.15, 0.2) is 0 Å². The number of carbonyl (C=O) groups excluding carboxylic acids is 2. The van der Waals surface area contributed by atoms with E-state index in [4.69, 9.17) is 4.74 Å². The van der Waals surface area contributed by atoms with Crippen molar-refractivity contribution in [3.05, 3.63) is 65.2 Å². The maximum absolute atomic E-state index is 12.6. The van der Waals surface area contributed by atoms with Crippen molar-refractivity contribution in [2.45, 2.75) is 18.3 Å². The topological polar surface area (TPSA) is 78.9 Å². The van der Waals surface area contributed by atoms with Gasteiger partial charge in [-0.1, -0.05) is 12.1 Å². The predicted octanol–water partition coefficient (Wildman–Crippen LogP) is 2.85. The second kappa shape index (κ2) is 8.22. The highest BCUT2D eigenvalue weighted by molar-refractivity contribution is 6.04. The van der Waals surface area contributed by atoms with Crippen LogP contribution in [0.2, 0.25) is 0 Å². The first kappa shape index (κ1) is 20.8. The zero-order chi connectivity index (χ0) is 21.2. The summed E-state index contributed by atoms with van der Waals surface area (Å²) >= 11 is 0. The van der Waals surface area contributed by atoms with Crippen LogP contribution in [0.15, 0.2) is 48.5 Å². The lowest BCUT2D eigenvalue weighted by atomic mass is 9.99. The normalized spacial score (nSPS) is 19.9. The van der Waals surface area contributed by atoms with E-state index in [1.807, 2.05) is 0 Å². The highest BCUT2D eigenvalue weighted by Gasteiger charge is 2.35. The fourth-order valence-electron chi connectivity index (χ4n) is 3.07. The molecular weight excluding hydrogens is 389 g/mol. The second-order valence-corrected chi connectivity index (χ2v) is 6.64. The van der Waals surface area contributed by atoms with Crippen molar-refractivity contribution in [2.24, 2.45) is 0 Å². The number of nitrogens with zero attached hydrogens (tertiary/aromatic N) is 1. The van der Waals surface area contributed by atoms with Crippen LogP contribution in [0.3, 0.4) is 0 Å². The summed E-state index contributed by atoms with van der Waals surface area (Å²) in [5.41, 5.74) is 0.432. The minimum Gasteiger partial charge on any atom is -0.394 e. The molecule has 1 aliphatic rings. The number of halogens is 3. The maximum atomic E-state index is 12.6. The first-order valence-corrected chi connectivity index (χ1v) is 8.77. The molecule has 154 valence electrons. The highest BCUT2D eigenvalue weighted by Crippen LogP contribution is 2.30. The molecule has 0 bridgehead atoms. The zero-order valence-electron chi connectivity index (χ0n) is 15.4. The number of hydrogen-bond acceptors (Lipinski definition) is 4. The van der Waals surface area contributed by atoms with Crippen LogP contribution in [-0.4, -0.2) is 48.1 Å². The number of anilines is 1. The number of benzene rings is 2. The lowest BCUT2D eigenvalue weighted by Gasteiger charge is -2.38. The van der Waals surface area contributed by atoms with Gasteiger partial charge in [-0.25, -0.2) is 0 Å². The van der Waals surface area contributed by atoms with Gasteiger partial charge >= 0.3 is 6.18 Å². The molecule has 2 N–H and O–H groups in total. The van der Waals surface area contributed by atoms with Crippen molar-refractivity contribution in [3.63, 3.8) is 0 Å². The Balaban J connectivity index is 1.69. The number of carbonyl (C=O) groups is 2. The SMILES string of the molecule is CN1C(=O)COC(c2ccc(NC(=O)c3ccc(C(F)(F)F)cc3)cc2)C1CO. The van der Waals surface area contributed by atoms with Gasteiger partial charge in [0.2, 0.25) is 5.91 Å². The van der Waals surface area contributed by atoms with Crippen LogP contribution >= 0.6 is 0 Å². The predicted molar refractivity (Wildman–Crippen MR) is 98.2 cm³/mol. The van der Waals surface area contributed by atoms with E-state index in [1.54, 1.807) is 31.3 Å². The lowest BCUT2D eigenvalue weighted by Crippen LogP contribution is -2.50. The van der Waals surface area contributed by atoms with Crippen molar-refractivity contribution < 1.29 is 32.6 Å². The number of morpholine rings is 1. The fraction of sp³-hybridized carbons (Fsp3) is 0.300. The lowest BCUT2D eigenvalue weighted by molar-refractivity contribution is -0.157. The third kappa shape index (κ3) is 4.57. The van der Waals surface area contributed by atoms with Crippen molar-refractivity contribution in [1.82, 2.24) is 4.90 Å². The molecule has 0 saturated carbocycles. The van der Waals surface area contributed by atoms with Gasteiger partial charge in [0, 0.05) is 18.3 Å². The molecule has 2 atom stereocenters. The highest BCUT2D eigenvalue weighted by atomic mass is 19.4. The van der Waals surface area contributed by atoms with E-state index in [2.05, 4.69) is 5.32 Å². The number of aliphatic hydroxyl groups excluding tert-OH is 1. The molecule has 3 rings (SSSR count). The summed E-state index contributed by atoms with van der Waals surface area (Å²) in [4.78, 5) is 25.4. The smallest absolute Gasteiger partial charge is 0.394 e. The number of amides is 2. The van der Waals surface area contributed by atoms with Gasteiger partial charge in [-0.3, -0.25) is 9.59 Å². The van der Waals surface area contributed by atoms with Crippen LogP contribution in [0, 0.1) is 0 Å². The number of rotatable bonds is 4. The third-order valence-electron chi connectivity index (χ3n) is 4.79. The second-order valence-electron chi connectivity index (χ2n) is 6.64. The Kier molecular flexibility index (Phi) is 5.90. The van der Waals surface area contributed by atoms with Gasteiger partial charge in [-0.05, 0) is 42.0 Å². The molecule has 2 aromatic rings. The zero-order valence-corrected chi connectivity index (χ0v) is 15.4. The molecule has 1 heterocycles. The number of hydrogen-bond donors (Lipinski definition) is 2. The van der Waals surface area contributed by atoms with E-state index in [0.717, 1.165) is 29.8 Å². The molecule has 2 unspecified atom stereocenters. The van der Waals surface area contributed by atoms with Crippen molar-refractivity contribution in [3.8, 4) is 0 Å². The monoisotopic (exact) mass is 408 g/mol. The summed E-state index contributed by atoms with van der Waals surface area (Å²) in [6.07, 6.45) is -4.97. The summed E-state index contributed by atoms with van der Waals surface area (Å²) < 4.78 is 43.4. The minimum absolute atomic E-state index is 0.0932. The summed E-state index contributed by atoms with van der Waals surface area (Å²) in [7, 11) is 1.59. The first-order valence-electron chi connectivity index (χ1n) is 8.77. The van der Waals surface area contributed by atoms with Gasteiger partial charge in [-0.15, -0.1) is 0 Å². The van der Waals surface area contributed by atoms with E-state index in [1.165, 1.54) is 4.90 Å². The average Bonchev–Trinajstić information content (AvgIpc) is 2.70. The molecular formula is C20H19F3N2O4. The average molecular weight is 408 g/mol. The quantitative estimate of drug-likeness (QED) is 0.816. The molecule has 6 nitrogen and oxygen atoms in total. The first-order chi connectivity index (χ1) is 13.7. The van der Waals surface area contributed by atoms with E-state index >= 15 is 0 Å². The van der Waals surface area contributed by atoms with Crippen LogP contribution in [0.5, 0.6) is 0 Å². The van der Waals surface area contributed by atoms with Gasteiger partial charge in [-0.2, -0.15) is 13.2 Å². The molecule has 0 radical (unpaired) electrons. The number of likely N-dealkylation sites (N-methyl/N-ethyl adjacent to an activating group) is 1. The van der Waals surface area contributed by atoms with Gasteiger partial charge in [0.1, 0.15) is 12.7 Å². The summed E-state index contributed by atoms with van der Waals surface area (Å²) in [6, 6.07) is 10.0. The van der Waals surface area contributed by atoms with Crippen LogP contribution in [0.4, 0.5) is 18.9 Å². The van der Waals surface area contributed by atoms with E-state index < -0.39 is 29.8 Å². The number of alkyl halides is 3. The van der Waals surface area contributed by atoms with Crippen molar-refractivity contribution >= 4 is 17.5 Å². The number of ether oxygens (including phenoxy) is 1. The molecule has 0 aliphatic carbocycles. The van der Waals surface area contributed by atoms with Gasteiger partial charge in [0.25, 0.3) is 5.91 Å². The summed E-state index contributed by atoms with van der Waals surface area (Å²) in [5.74, 6) is -0.764. The Morgan fingerprint density at radius 2 is 1.79 bits per heavy atom. The van der Waals surface area contributed by atoms with Crippen molar-refractivity contribution in [2.75, 3.05) is 25.6 Å². The molecule has 29 heavy (non-hydrogen) atoms. The molecule has 0 aromatic heterocycles. The Morgan fingerprint density at radius 1 is 1.17 bits per heavy atom. The van der Waals surface area contributed by atoms with Gasteiger partial charge < -0.3 is 20.1 Å². The van der Waals surface area contributed by atoms with E-state index in [-0.39, 0.29) is 24.7 Å². The molecule has 1 aliphatic heterocycles. The molecule has 1 saturated heterocycles. The Hall–Kier alpha value is -2.91. The van der Waals surface area contributed by atoms with E-state index in [0.29, 0.717) is 5.69 Å². The number of nitrogens with one attached hydrogen (secondary N) is 1. The molecule has 2 amide bonds. The maximum Gasteiger partial charge on any atom is 0.416 e. The Bertz CT molecular complexity index is 882. The molecule has 2 aromatic carbocycles. The van der Waals surface area contributed by atoms with Gasteiger partial charge in [0.05, 0.1) is 18.2 Å². The van der Waals surface area contributed by atoms with Crippen molar-refractivity contribution in [1.29, 1.82) is 0 Å². The standard InChI is InChI=1S/C20H19F3N2O4/c1-25-16(10-26)18(29-11-17(25)27)12-4-8-15(9-5-12)24-19(28)13-2-6-14(7-3-13)20(21,22)23/h2-9,16,18,26H,10-11H2,1H3,(H,24,28). The number of aliphatic hydroxyl groups is 1. The molecule has 0 spiro atoms. The summed E-state index contributed by atoms with van der Waals surface area (Å²) in [5, 5.41) is 12.2. The summed E-state index contributed by atoms with van der Waals surface area (Å²) in [6.45, 7) is -0.358. The van der Waals surface area contributed by atoms with Crippen LogP contribution in [-0.2, 0) is 15.7 Å². The molecule has 1 fully saturated rings. The van der Waals surface area contributed by atoms with Crippen LogP contribution < -0.4 is 5.32 Å². The molecule has 9 heteroatoms. The Morgan fingerprint density at radius 3 is 2.34 bits per heavy atom. The largest absolute Gasteiger partial charge is 0.416 e.